The predicted octanol–water partition coefficient (Wildman–Crippen LogP) is 3.05. The quantitative estimate of drug-likeness (QED) is 0.889. The van der Waals surface area contributed by atoms with Crippen molar-refractivity contribution in [2.75, 3.05) is 23.9 Å². The average molecular weight is 374 g/mol. The lowest BCUT2D eigenvalue weighted by molar-refractivity contribution is -0.123. The molecule has 0 aliphatic carbocycles. The summed E-state index contributed by atoms with van der Waals surface area (Å²) in [5.41, 5.74) is 0.337. The van der Waals surface area contributed by atoms with Crippen LogP contribution in [0.3, 0.4) is 0 Å². The molecule has 1 fully saturated rings. The lowest BCUT2D eigenvalue weighted by Crippen LogP contribution is -2.27. The summed E-state index contributed by atoms with van der Waals surface area (Å²) >= 11 is 1.33. The number of hydrogen-bond donors (Lipinski definition) is 1. The summed E-state index contributed by atoms with van der Waals surface area (Å²) in [6.45, 7) is 6.07. The molecule has 0 bridgehead atoms. The van der Waals surface area contributed by atoms with Crippen LogP contribution in [0, 0.1) is 5.41 Å². The van der Waals surface area contributed by atoms with E-state index >= 15 is 0 Å². The lowest BCUT2D eigenvalue weighted by Gasteiger charge is -2.16. The average Bonchev–Trinajstić information content (AvgIpc) is 3.21. The van der Waals surface area contributed by atoms with Gasteiger partial charge in [0.15, 0.2) is 0 Å². The molecule has 8 heteroatoms. The molecule has 0 spiro atoms. The van der Waals surface area contributed by atoms with E-state index in [-0.39, 0.29) is 17.7 Å². The molecule has 1 aliphatic heterocycles. The van der Waals surface area contributed by atoms with Gasteiger partial charge >= 0.3 is 0 Å². The van der Waals surface area contributed by atoms with Crippen molar-refractivity contribution in [1.82, 2.24) is 10.2 Å². The van der Waals surface area contributed by atoms with Gasteiger partial charge in [0.1, 0.15) is 10.8 Å². The number of rotatable bonds is 4. The zero-order chi connectivity index (χ0) is 18.9. The highest BCUT2D eigenvalue weighted by Crippen LogP contribution is 2.35. The molecule has 1 unspecified atom stereocenters. The maximum absolute atomic E-state index is 12.4. The standard InChI is InChI=1S/C18H22N4O3S/c1-18(2,3)16(24)19-17-21-20-15(26-17)11-9-14(23)22(10-11)12-5-7-13(25-4)8-6-12/h5-8,11H,9-10H2,1-4H3,(H,19,21,24). The number of anilines is 2. The Balaban J connectivity index is 1.69. The van der Waals surface area contributed by atoms with Crippen molar-refractivity contribution in [1.29, 1.82) is 0 Å². The summed E-state index contributed by atoms with van der Waals surface area (Å²) in [7, 11) is 1.61. The van der Waals surface area contributed by atoms with Crippen LogP contribution < -0.4 is 15.0 Å². The zero-order valence-electron chi connectivity index (χ0n) is 15.3. The van der Waals surface area contributed by atoms with Crippen LogP contribution in [0.5, 0.6) is 5.75 Å². The molecule has 2 heterocycles. The van der Waals surface area contributed by atoms with Gasteiger partial charge in [-0.25, -0.2) is 0 Å². The number of aromatic nitrogens is 2. The minimum absolute atomic E-state index is 0.0256. The topological polar surface area (TPSA) is 84.4 Å². The van der Waals surface area contributed by atoms with Gasteiger partial charge in [-0.3, -0.25) is 9.59 Å². The van der Waals surface area contributed by atoms with Gasteiger partial charge in [0.25, 0.3) is 0 Å². The van der Waals surface area contributed by atoms with Gasteiger partial charge in [0.2, 0.25) is 16.9 Å². The number of carbonyl (C=O) groups is 2. The van der Waals surface area contributed by atoms with Crippen LogP contribution in [0.25, 0.3) is 0 Å². The van der Waals surface area contributed by atoms with Crippen LogP contribution in [-0.2, 0) is 9.59 Å². The molecule has 0 saturated carbocycles. The molecule has 1 saturated heterocycles. The summed E-state index contributed by atoms with van der Waals surface area (Å²) in [5, 5.41) is 12.2. The van der Waals surface area contributed by atoms with Crippen LogP contribution in [0.15, 0.2) is 24.3 Å². The normalized spacial score (nSPS) is 17.5. The third kappa shape index (κ3) is 3.85. The number of nitrogens with one attached hydrogen (secondary N) is 1. The molecular weight excluding hydrogens is 352 g/mol. The number of methoxy groups -OCH3 is 1. The third-order valence-electron chi connectivity index (χ3n) is 4.20. The second kappa shape index (κ2) is 7.03. The first-order chi connectivity index (χ1) is 12.3. The van der Waals surface area contributed by atoms with E-state index in [4.69, 9.17) is 4.74 Å². The Kier molecular flexibility index (Phi) is 4.95. The van der Waals surface area contributed by atoms with E-state index in [1.807, 2.05) is 45.0 Å². The van der Waals surface area contributed by atoms with Crippen LogP contribution in [0.4, 0.5) is 10.8 Å². The van der Waals surface area contributed by atoms with Crippen molar-refractivity contribution in [3.63, 3.8) is 0 Å². The molecule has 3 rings (SSSR count). The Morgan fingerprint density at radius 1 is 1.27 bits per heavy atom. The summed E-state index contributed by atoms with van der Waals surface area (Å²) in [4.78, 5) is 26.2. The van der Waals surface area contributed by atoms with Gasteiger partial charge in [-0.15, -0.1) is 10.2 Å². The fourth-order valence-corrected chi connectivity index (χ4v) is 3.45. The number of amides is 2. The highest BCUT2D eigenvalue weighted by atomic mass is 32.1. The van der Waals surface area contributed by atoms with Crippen LogP contribution in [0.1, 0.15) is 38.1 Å². The maximum Gasteiger partial charge on any atom is 0.231 e. The number of ether oxygens (including phenoxy) is 1. The zero-order valence-corrected chi connectivity index (χ0v) is 16.1. The molecule has 1 N–H and O–H groups in total. The van der Waals surface area contributed by atoms with Crippen molar-refractivity contribution in [3.8, 4) is 5.75 Å². The summed E-state index contributed by atoms with van der Waals surface area (Å²) in [6.07, 6.45) is 0.383. The molecule has 26 heavy (non-hydrogen) atoms. The van der Waals surface area contributed by atoms with Gasteiger partial charge in [-0.05, 0) is 24.3 Å². The van der Waals surface area contributed by atoms with Crippen molar-refractivity contribution in [2.24, 2.45) is 5.41 Å². The smallest absolute Gasteiger partial charge is 0.231 e. The summed E-state index contributed by atoms with van der Waals surface area (Å²) in [6, 6.07) is 7.41. The van der Waals surface area contributed by atoms with E-state index in [0.717, 1.165) is 16.4 Å². The minimum Gasteiger partial charge on any atom is -0.497 e. The predicted molar refractivity (Wildman–Crippen MR) is 101 cm³/mol. The monoisotopic (exact) mass is 374 g/mol. The molecule has 7 nitrogen and oxygen atoms in total. The number of hydrogen-bond acceptors (Lipinski definition) is 6. The molecule has 1 aromatic carbocycles. The first-order valence-electron chi connectivity index (χ1n) is 8.37. The second-order valence-corrected chi connectivity index (χ2v) is 8.26. The van der Waals surface area contributed by atoms with E-state index < -0.39 is 5.41 Å². The SMILES string of the molecule is COc1ccc(N2CC(c3nnc(NC(=O)C(C)(C)C)s3)CC2=O)cc1. The molecule has 138 valence electrons. The molecule has 1 aliphatic rings. The van der Waals surface area contributed by atoms with Crippen molar-refractivity contribution < 1.29 is 14.3 Å². The first-order valence-corrected chi connectivity index (χ1v) is 9.19. The molecule has 0 radical (unpaired) electrons. The Labute approximate surface area is 156 Å². The third-order valence-corrected chi connectivity index (χ3v) is 5.20. The molecule has 1 atom stereocenters. The lowest BCUT2D eigenvalue weighted by atomic mass is 9.96. The second-order valence-electron chi connectivity index (χ2n) is 7.25. The number of nitrogens with zero attached hydrogens (tertiary/aromatic N) is 3. The van der Waals surface area contributed by atoms with E-state index in [2.05, 4.69) is 15.5 Å². The fourth-order valence-electron chi connectivity index (χ4n) is 2.62. The number of carbonyl (C=O) groups excluding carboxylic acids is 2. The largest absolute Gasteiger partial charge is 0.497 e. The molecule has 1 aromatic heterocycles. The summed E-state index contributed by atoms with van der Waals surface area (Å²) < 4.78 is 5.15. The van der Waals surface area contributed by atoms with Crippen LogP contribution in [0.2, 0.25) is 0 Å². The maximum atomic E-state index is 12.4. The highest BCUT2D eigenvalue weighted by molar-refractivity contribution is 7.15. The van der Waals surface area contributed by atoms with E-state index in [0.29, 0.717) is 18.1 Å². The van der Waals surface area contributed by atoms with E-state index in [9.17, 15) is 9.59 Å². The minimum atomic E-state index is -0.500. The van der Waals surface area contributed by atoms with E-state index in [1.165, 1.54) is 11.3 Å². The van der Waals surface area contributed by atoms with Gasteiger partial charge < -0.3 is 15.0 Å². The molecule has 2 amide bonds. The first kappa shape index (κ1) is 18.3. The molecular formula is C18H22N4O3S. The van der Waals surface area contributed by atoms with Crippen LogP contribution >= 0.6 is 11.3 Å². The summed E-state index contributed by atoms with van der Waals surface area (Å²) in [5.74, 6) is 0.667. The Hall–Kier alpha value is -2.48. The van der Waals surface area contributed by atoms with Crippen molar-refractivity contribution in [2.45, 2.75) is 33.1 Å². The van der Waals surface area contributed by atoms with Gasteiger partial charge in [-0.1, -0.05) is 32.1 Å². The fraction of sp³-hybridized carbons (Fsp3) is 0.444. The Bertz CT molecular complexity index is 811. The van der Waals surface area contributed by atoms with E-state index in [1.54, 1.807) is 12.0 Å². The van der Waals surface area contributed by atoms with Crippen molar-refractivity contribution >= 4 is 34.0 Å². The molecule has 2 aromatic rings. The Morgan fingerprint density at radius 2 is 1.96 bits per heavy atom. The van der Waals surface area contributed by atoms with Gasteiger partial charge in [-0.2, -0.15) is 0 Å². The van der Waals surface area contributed by atoms with Crippen molar-refractivity contribution in [3.05, 3.63) is 29.3 Å². The number of benzene rings is 1. The van der Waals surface area contributed by atoms with Gasteiger partial charge in [0.05, 0.1) is 7.11 Å². The van der Waals surface area contributed by atoms with Crippen LogP contribution in [-0.4, -0.2) is 35.7 Å². The highest BCUT2D eigenvalue weighted by Gasteiger charge is 2.34. The van der Waals surface area contributed by atoms with Gasteiger partial charge in [0, 0.05) is 30.0 Å². The Morgan fingerprint density at radius 3 is 2.58 bits per heavy atom.